The van der Waals surface area contributed by atoms with Crippen molar-refractivity contribution in [3.63, 3.8) is 0 Å². The molecule has 0 saturated carbocycles. The molecule has 1 amide bonds. The lowest BCUT2D eigenvalue weighted by Gasteiger charge is -2.16. The van der Waals surface area contributed by atoms with E-state index in [1.54, 1.807) is 30.6 Å². The van der Waals surface area contributed by atoms with E-state index >= 15 is 0 Å². The highest BCUT2D eigenvalue weighted by Gasteiger charge is 2.10. The van der Waals surface area contributed by atoms with Gasteiger partial charge >= 0.3 is 5.97 Å². The zero-order chi connectivity index (χ0) is 11.7. The van der Waals surface area contributed by atoms with Crippen LogP contribution in [-0.2, 0) is 14.3 Å². The summed E-state index contributed by atoms with van der Waals surface area (Å²) >= 11 is 1.64. The van der Waals surface area contributed by atoms with E-state index < -0.39 is 0 Å². The van der Waals surface area contributed by atoms with Gasteiger partial charge in [-0.1, -0.05) is 0 Å². The molecular formula is C10H19NO3S. The van der Waals surface area contributed by atoms with Gasteiger partial charge in [-0.2, -0.15) is 11.8 Å². The fraction of sp³-hybridized carbons (Fsp3) is 0.800. The molecule has 0 aromatic heterocycles. The van der Waals surface area contributed by atoms with Crippen molar-refractivity contribution in [2.75, 3.05) is 32.2 Å². The van der Waals surface area contributed by atoms with Crippen LogP contribution in [0.5, 0.6) is 0 Å². The lowest BCUT2D eigenvalue weighted by atomic mass is 10.3. The minimum atomic E-state index is -0.248. The Kier molecular flexibility index (Phi) is 8.18. The third kappa shape index (κ3) is 7.25. The normalized spacial score (nSPS) is 9.80. The highest BCUT2D eigenvalue weighted by Crippen LogP contribution is 2.00. The third-order valence-electron chi connectivity index (χ3n) is 1.90. The molecule has 15 heavy (non-hydrogen) atoms. The Morgan fingerprint density at radius 2 is 2.00 bits per heavy atom. The van der Waals surface area contributed by atoms with Crippen LogP contribution < -0.4 is 0 Å². The summed E-state index contributed by atoms with van der Waals surface area (Å²) in [5.41, 5.74) is 0. The maximum Gasteiger partial charge on any atom is 0.307 e. The van der Waals surface area contributed by atoms with Crippen molar-refractivity contribution in [1.29, 1.82) is 0 Å². The maximum atomic E-state index is 11.4. The van der Waals surface area contributed by atoms with Crippen LogP contribution in [0.2, 0.25) is 0 Å². The van der Waals surface area contributed by atoms with Gasteiger partial charge in [0.15, 0.2) is 0 Å². The highest BCUT2D eigenvalue weighted by atomic mass is 32.2. The third-order valence-corrected chi connectivity index (χ3v) is 2.51. The summed E-state index contributed by atoms with van der Waals surface area (Å²) in [5.74, 6) is 0.651. The molecule has 0 heterocycles. The molecule has 0 aliphatic rings. The second-order valence-electron chi connectivity index (χ2n) is 3.11. The van der Waals surface area contributed by atoms with Gasteiger partial charge in [0.05, 0.1) is 13.0 Å². The zero-order valence-corrected chi connectivity index (χ0v) is 10.4. The van der Waals surface area contributed by atoms with Crippen molar-refractivity contribution in [3.05, 3.63) is 0 Å². The van der Waals surface area contributed by atoms with Crippen molar-refractivity contribution in [2.24, 2.45) is 0 Å². The summed E-state index contributed by atoms with van der Waals surface area (Å²) in [6.07, 6.45) is 2.77. The number of ether oxygens (including phenoxy) is 1. The molecule has 0 atom stereocenters. The number of thioether (sulfide) groups is 1. The van der Waals surface area contributed by atoms with Crippen LogP contribution in [0.4, 0.5) is 0 Å². The smallest absolute Gasteiger partial charge is 0.307 e. The maximum absolute atomic E-state index is 11.4. The molecule has 0 rings (SSSR count). The number of hydrogen-bond acceptors (Lipinski definition) is 4. The summed E-state index contributed by atoms with van der Waals surface area (Å²) in [6.45, 7) is 2.60. The first-order chi connectivity index (χ1) is 7.11. The highest BCUT2D eigenvalue weighted by molar-refractivity contribution is 7.98. The molecule has 0 N–H and O–H groups in total. The second-order valence-corrected chi connectivity index (χ2v) is 4.10. The van der Waals surface area contributed by atoms with Gasteiger partial charge < -0.3 is 9.64 Å². The number of esters is 1. The Bertz CT molecular complexity index is 209. The van der Waals surface area contributed by atoms with E-state index in [-0.39, 0.29) is 18.3 Å². The minimum Gasteiger partial charge on any atom is -0.466 e. The summed E-state index contributed by atoms with van der Waals surface area (Å²) in [5, 5.41) is 0. The first kappa shape index (κ1) is 14.3. The summed E-state index contributed by atoms with van der Waals surface area (Å²) in [6, 6.07) is 0. The van der Waals surface area contributed by atoms with E-state index in [1.165, 1.54) is 0 Å². The quantitative estimate of drug-likeness (QED) is 0.619. The molecule has 0 spiro atoms. The molecule has 0 fully saturated rings. The van der Waals surface area contributed by atoms with Crippen LogP contribution in [0, 0.1) is 0 Å². The van der Waals surface area contributed by atoms with Crippen LogP contribution in [0.1, 0.15) is 19.8 Å². The van der Waals surface area contributed by atoms with E-state index in [0.717, 1.165) is 5.75 Å². The molecule has 4 nitrogen and oxygen atoms in total. The van der Waals surface area contributed by atoms with E-state index in [1.807, 2.05) is 6.26 Å². The van der Waals surface area contributed by atoms with Crippen LogP contribution in [0.3, 0.4) is 0 Å². The van der Waals surface area contributed by atoms with Gasteiger partial charge in [0.2, 0.25) is 5.91 Å². The molecule has 0 bridgehead atoms. The Morgan fingerprint density at radius 1 is 1.33 bits per heavy atom. The molecule has 0 aromatic rings. The lowest BCUT2D eigenvalue weighted by molar-refractivity contribution is -0.143. The van der Waals surface area contributed by atoms with Crippen molar-refractivity contribution in [1.82, 2.24) is 4.90 Å². The summed E-state index contributed by atoms with van der Waals surface area (Å²) < 4.78 is 4.77. The first-order valence-electron chi connectivity index (χ1n) is 5.00. The number of rotatable bonds is 7. The predicted octanol–water partition coefficient (Wildman–Crippen LogP) is 1.15. The van der Waals surface area contributed by atoms with Crippen LogP contribution >= 0.6 is 11.8 Å². The molecule has 0 aromatic carbocycles. The number of carbonyl (C=O) groups is 2. The predicted molar refractivity (Wildman–Crippen MR) is 61.9 cm³/mol. The van der Waals surface area contributed by atoms with E-state index in [0.29, 0.717) is 19.6 Å². The Labute approximate surface area is 95.3 Å². The van der Waals surface area contributed by atoms with Gasteiger partial charge in [0, 0.05) is 25.8 Å². The van der Waals surface area contributed by atoms with E-state index in [9.17, 15) is 9.59 Å². The first-order valence-corrected chi connectivity index (χ1v) is 6.39. The average Bonchev–Trinajstić information content (AvgIpc) is 2.22. The van der Waals surface area contributed by atoms with Crippen molar-refractivity contribution >= 4 is 23.6 Å². The molecule has 88 valence electrons. The number of nitrogens with zero attached hydrogens (tertiary/aromatic N) is 1. The van der Waals surface area contributed by atoms with Gasteiger partial charge in [-0.15, -0.1) is 0 Å². The Balaban J connectivity index is 3.67. The fourth-order valence-electron chi connectivity index (χ4n) is 0.997. The van der Waals surface area contributed by atoms with Gasteiger partial charge in [0.25, 0.3) is 0 Å². The fourth-order valence-corrected chi connectivity index (χ4v) is 1.38. The Hall–Kier alpha value is -0.710. The van der Waals surface area contributed by atoms with Gasteiger partial charge in [0.1, 0.15) is 0 Å². The van der Waals surface area contributed by atoms with Crippen LogP contribution in [0.25, 0.3) is 0 Å². The SMILES string of the molecule is CCOC(=O)CCN(C)C(=O)CCSC. The molecule has 0 aliphatic heterocycles. The number of carbonyl (C=O) groups excluding carboxylic acids is 2. The van der Waals surface area contributed by atoms with Crippen LogP contribution in [0.15, 0.2) is 0 Å². The minimum absolute atomic E-state index is 0.0775. The van der Waals surface area contributed by atoms with Crippen molar-refractivity contribution in [2.45, 2.75) is 19.8 Å². The molecular weight excluding hydrogens is 214 g/mol. The summed E-state index contributed by atoms with van der Waals surface area (Å²) in [7, 11) is 1.71. The zero-order valence-electron chi connectivity index (χ0n) is 9.62. The molecule has 0 radical (unpaired) electrons. The second kappa shape index (κ2) is 8.59. The molecule has 5 heteroatoms. The molecule has 0 saturated heterocycles. The van der Waals surface area contributed by atoms with E-state index in [4.69, 9.17) is 4.74 Å². The van der Waals surface area contributed by atoms with Gasteiger partial charge in [-0.25, -0.2) is 0 Å². The average molecular weight is 233 g/mol. The Morgan fingerprint density at radius 3 is 2.53 bits per heavy atom. The standard InChI is InChI=1S/C10H19NO3S/c1-4-14-10(13)5-7-11(2)9(12)6-8-15-3/h4-8H2,1-3H3. The topological polar surface area (TPSA) is 46.6 Å². The lowest BCUT2D eigenvalue weighted by Crippen LogP contribution is -2.29. The van der Waals surface area contributed by atoms with Gasteiger partial charge in [-0.05, 0) is 13.2 Å². The van der Waals surface area contributed by atoms with E-state index in [2.05, 4.69) is 0 Å². The summed E-state index contributed by atoms with van der Waals surface area (Å²) in [4.78, 5) is 24.0. The van der Waals surface area contributed by atoms with Crippen molar-refractivity contribution < 1.29 is 14.3 Å². The van der Waals surface area contributed by atoms with Crippen molar-refractivity contribution in [3.8, 4) is 0 Å². The molecule has 0 unspecified atom stereocenters. The monoisotopic (exact) mass is 233 g/mol. The number of amides is 1. The van der Waals surface area contributed by atoms with Gasteiger partial charge in [-0.3, -0.25) is 9.59 Å². The van der Waals surface area contributed by atoms with Crippen LogP contribution in [-0.4, -0.2) is 49.0 Å². The number of hydrogen-bond donors (Lipinski definition) is 0. The molecule has 0 aliphatic carbocycles. The largest absolute Gasteiger partial charge is 0.466 e.